The molecule has 0 aromatic heterocycles. The van der Waals surface area contributed by atoms with Crippen LogP contribution in [0.3, 0.4) is 0 Å². The maximum atomic E-state index is 11.2. The Morgan fingerprint density at radius 1 is 0.615 bits per heavy atom. The van der Waals surface area contributed by atoms with Crippen molar-refractivity contribution in [3.8, 4) is 0 Å². The van der Waals surface area contributed by atoms with E-state index in [0.29, 0.717) is 13.0 Å². The van der Waals surface area contributed by atoms with Crippen LogP contribution in [0.25, 0.3) is 0 Å². The van der Waals surface area contributed by atoms with Crippen molar-refractivity contribution in [3.05, 3.63) is 0 Å². The van der Waals surface area contributed by atoms with Crippen LogP contribution in [-0.2, 0) is 9.53 Å². The molecular weight excluding hydrogens is 328 g/mol. The Kier molecular flexibility index (Phi) is 28.3. The molecule has 0 aliphatic carbocycles. The first-order valence-corrected chi connectivity index (χ1v) is 11.1. The topological polar surface area (TPSA) is 66.8 Å². The Morgan fingerprint density at radius 3 is 1.27 bits per heavy atom. The molecule has 0 aromatic rings. The van der Waals surface area contributed by atoms with Crippen molar-refractivity contribution < 1.29 is 19.7 Å². The number of aliphatic hydroxyl groups excluding tert-OH is 2. The smallest absolute Gasteiger partial charge is 0.305 e. The van der Waals surface area contributed by atoms with Crippen molar-refractivity contribution in [2.24, 2.45) is 0 Å². The number of esters is 1. The van der Waals surface area contributed by atoms with Gasteiger partial charge in [-0.1, -0.05) is 96.8 Å². The van der Waals surface area contributed by atoms with E-state index in [4.69, 9.17) is 14.9 Å². The molecule has 0 saturated carbocycles. The zero-order valence-electron chi connectivity index (χ0n) is 17.6. The van der Waals surface area contributed by atoms with Crippen LogP contribution in [0.1, 0.15) is 117 Å². The third-order valence-corrected chi connectivity index (χ3v) is 4.39. The lowest BCUT2D eigenvalue weighted by molar-refractivity contribution is -0.143. The predicted molar refractivity (Wildman–Crippen MR) is 110 cm³/mol. The van der Waals surface area contributed by atoms with E-state index in [1.165, 1.54) is 89.9 Å². The van der Waals surface area contributed by atoms with Gasteiger partial charge in [0.2, 0.25) is 0 Å². The summed E-state index contributed by atoms with van der Waals surface area (Å²) in [5.41, 5.74) is 0. The van der Waals surface area contributed by atoms with Crippen LogP contribution in [-0.4, -0.2) is 36.0 Å². The van der Waals surface area contributed by atoms with Gasteiger partial charge in [0.1, 0.15) is 0 Å². The van der Waals surface area contributed by atoms with Gasteiger partial charge in [0, 0.05) is 6.42 Å². The highest BCUT2D eigenvalue weighted by Crippen LogP contribution is 2.13. The van der Waals surface area contributed by atoms with Crippen molar-refractivity contribution in [1.29, 1.82) is 0 Å². The molecule has 0 atom stereocenters. The summed E-state index contributed by atoms with van der Waals surface area (Å²) in [6.07, 6.45) is 21.0. The molecule has 0 aromatic carbocycles. The van der Waals surface area contributed by atoms with Crippen molar-refractivity contribution >= 4 is 5.97 Å². The molecule has 158 valence electrons. The highest BCUT2D eigenvalue weighted by atomic mass is 16.5. The van der Waals surface area contributed by atoms with Crippen LogP contribution in [0.15, 0.2) is 0 Å². The van der Waals surface area contributed by atoms with Crippen LogP contribution in [0.5, 0.6) is 0 Å². The summed E-state index contributed by atoms with van der Waals surface area (Å²) in [5, 5.41) is 15.2. The quantitative estimate of drug-likeness (QED) is 0.236. The number of rotatable bonds is 18. The first kappa shape index (κ1) is 27.6. The molecule has 0 radical (unpaired) electrons. The lowest BCUT2D eigenvalue weighted by atomic mass is 10.0. The van der Waals surface area contributed by atoms with Crippen LogP contribution >= 0.6 is 0 Å². The fourth-order valence-electron chi connectivity index (χ4n) is 2.87. The minimum atomic E-state index is -0.125. The third kappa shape index (κ3) is 28.2. The minimum absolute atomic E-state index is 0.0304. The molecule has 0 amide bonds. The van der Waals surface area contributed by atoms with Gasteiger partial charge in [0.15, 0.2) is 0 Å². The van der Waals surface area contributed by atoms with E-state index in [9.17, 15) is 4.79 Å². The molecule has 0 heterocycles. The molecule has 0 saturated heterocycles. The van der Waals surface area contributed by atoms with Gasteiger partial charge >= 0.3 is 5.97 Å². The first-order valence-electron chi connectivity index (χ1n) is 11.1. The van der Waals surface area contributed by atoms with Gasteiger partial charge in [-0.15, -0.1) is 0 Å². The Hall–Kier alpha value is -0.610. The number of hydrogen-bond acceptors (Lipinski definition) is 4. The molecule has 0 aliphatic heterocycles. The van der Waals surface area contributed by atoms with Gasteiger partial charge in [-0.3, -0.25) is 4.79 Å². The minimum Gasteiger partial charge on any atom is -0.466 e. The van der Waals surface area contributed by atoms with Crippen LogP contribution in [0.2, 0.25) is 0 Å². The summed E-state index contributed by atoms with van der Waals surface area (Å²) in [7, 11) is 0. The number of carbonyl (C=O) groups is 1. The van der Waals surface area contributed by atoms with E-state index in [1.807, 2.05) is 6.92 Å². The average Bonchev–Trinajstić information content (AvgIpc) is 2.65. The third-order valence-electron chi connectivity index (χ3n) is 4.39. The van der Waals surface area contributed by atoms with Gasteiger partial charge in [-0.25, -0.2) is 0 Å². The molecule has 26 heavy (non-hydrogen) atoms. The van der Waals surface area contributed by atoms with E-state index in [2.05, 4.69) is 6.92 Å². The lowest BCUT2D eigenvalue weighted by Gasteiger charge is -2.03. The fourth-order valence-corrected chi connectivity index (χ4v) is 2.87. The zero-order chi connectivity index (χ0) is 19.7. The summed E-state index contributed by atoms with van der Waals surface area (Å²) >= 11 is 0. The molecule has 4 heteroatoms. The van der Waals surface area contributed by atoms with Crippen molar-refractivity contribution in [2.45, 2.75) is 117 Å². The second-order valence-electron chi connectivity index (χ2n) is 6.95. The summed E-state index contributed by atoms with van der Waals surface area (Å²) in [6.45, 7) is 4.41. The largest absolute Gasteiger partial charge is 0.466 e. The molecule has 0 spiro atoms. The summed E-state index contributed by atoms with van der Waals surface area (Å²) in [4.78, 5) is 11.2. The Labute approximate surface area is 162 Å². The second-order valence-corrected chi connectivity index (χ2v) is 6.95. The highest BCUT2D eigenvalue weighted by molar-refractivity contribution is 5.69. The van der Waals surface area contributed by atoms with E-state index >= 15 is 0 Å². The number of unbranched alkanes of at least 4 members (excludes halogenated alkanes) is 14. The first-order chi connectivity index (χ1) is 12.7. The Balaban J connectivity index is 0. The average molecular weight is 375 g/mol. The molecule has 0 bridgehead atoms. The molecule has 4 nitrogen and oxygen atoms in total. The zero-order valence-corrected chi connectivity index (χ0v) is 17.6. The molecule has 0 fully saturated rings. The standard InChI is InChI=1S/C20H40O2.C2H6O2/c1-3-5-6-7-8-9-10-11-12-13-14-15-16-17-18-19-20(21)22-4-2;3-1-2-4/h3-19H2,1-2H3;3-4H,1-2H2. The van der Waals surface area contributed by atoms with Crippen molar-refractivity contribution in [2.75, 3.05) is 19.8 Å². The van der Waals surface area contributed by atoms with Crippen molar-refractivity contribution in [3.63, 3.8) is 0 Å². The van der Waals surface area contributed by atoms with E-state index in [1.54, 1.807) is 0 Å². The van der Waals surface area contributed by atoms with E-state index in [0.717, 1.165) is 6.42 Å². The van der Waals surface area contributed by atoms with Gasteiger partial charge in [-0.2, -0.15) is 0 Å². The number of ether oxygens (including phenoxy) is 1. The Morgan fingerprint density at radius 2 is 0.962 bits per heavy atom. The molecule has 0 rings (SSSR count). The fraction of sp³-hybridized carbons (Fsp3) is 0.955. The Bertz CT molecular complexity index is 255. The van der Waals surface area contributed by atoms with Crippen LogP contribution < -0.4 is 0 Å². The lowest BCUT2D eigenvalue weighted by Crippen LogP contribution is -2.03. The predicted octanol–water partition coefficient (Wildman–Crippen LogP) is 5.78. The van der Waals surface area contributed by atoms with Gasteiger partial charge < -0.3 is 14.9 Å². The molecule has 0 aliphatic rings. The second kappa shape index (κ2) is 26.6. The van der Waals surface area contributed by atoms with Crippen molar-refractivity contribution in [1.82, 2.24) is 0 Å². The van der Waals surface area contributed by atoms with Crippen LogP contribution in [0.4, 0.5) is 0 Å². The highest BCUT2D eigenvalue weighted by Gasteiger charge is 2.00. The summed E-state index contributed by atoms with van der Waals surface area (Å²) in [6, 6.07) is 0. The van der Waals surface area contributed by atoms with E-state index in [-0.39, 0.29) is 19.2 Å². The number of carbonyl (C=O) groups excluding carboxylic acids is 1. The maximum absolute atomic E-state index is 11.2. The molecule has 0 unspecified atom stereocenters. The summed E-state index contributed by atoms with van der Waals surface area (Å²) in [5.74, 6) is -0.0304. The SMILES string of the molecule is CCCCCCCCCCCCCCCCCC(=O)OCC.OCCO. The summed E-state index contributed by atoms with van der Waals surface area (Å²) < 4.78 is 4.92. The monoisotopic (exact) mass is 374 g/mol. The molecular formula is C22H46O4. The normalized spacial score (nSPS) is 10.3. The van der Waals surface area contributed by atoms with E-state index < -0.39 is 0 Å². The van der Waals surface area contributed by atoms with Crippen LogP contribution in [0, 0.1) is 0 Å². The molecule has 2 N–H and O–H groups in total. The van der Waals surface area contributed by atoms with Gasteiger partial charge in [0.25, 0.3) is 0 Å². The van der Waals surface area contributed by atoms with Gasteiger partial charge in [-0.05, 0) is 13.3 Å². The number of aliphatic hydroxyl groups is 2. The maximum Gasteiger partial charge on any atom is 0.305 e. The number of hydrogen-bond donors (Lipinski definition) is 2. The van der Waals surface area contributed by atoms with Gasteiger partial charge in [0.05, 0.1) is 19.8 Å².